The minimum absolute atomic E-state index is 0.0305. The van der Waals surface area contributed by atoms with Crippen LogP contribution in [-0.4, -0.2) is 22.9 Å². The lowest BCUT2D eigenvalue weighted by Gasteiger charge is -2.06. The molecule has 0 fully saturated rings. The van der Waals surface area contributed by atoms with Gasteiger partial charge in [-0.15, -0.1) is 0 Å². The molecule has 2 N–H and O–H groups in total. The second-order valence-electron chi connectivity index (χ2n) is 3.19. The first-order valence-corrected chi connectivity index (χ1v) is 6.47. The van der Waals surface area contributed by atoms with Gasteiger partial charge < -0.3 is 5.32 Å². The molecule has 0 atom stereocenters. The fraction of sp³-hybridized carbons (Fsp3) is 0.100. The average Bonchev–Trinajstić information content (AvgIpc) is 2.75. The van der Waals surface area contributed by atoms with Gasteiger partial charge in [-0.2, -0.15) is 0 Å². The van der Waals surface area contributed by atoms with Crippen LogP contribution in [0.15, 0.2) is 22.2 Å². The number of rotatable bonds is 3. The SMILES string of the molecule is CNc1nccc(C(=O)Nc2ncc(Br)s2)c1F. The van der Waals surface area contributed by atoms with Crippen LogP contribution >= 0.6 is 27.3 Å². The summed E-state index contributed by atoms with van der Waals surface area (Å²) in [7, 11) is 1.53. The van der Waals surface area contributed by atoms with Crippen LogP contribution in [0, 0.1) is 5.82 Å². The molecule has 0 saturated heterocycles. The summed E-state index contributed by atoms with van der Waals surface area (Å²) in [6.45, 7) is 0. The molecule has 2 rings (SSSR count). The first kappa shape index (κ1) is 12.9. The Morgan fingerprint density at radius 2 is 2.28 bits per heavy atom. The Balaban J connectivity index is 2.24. The normalized spacial score (nSPS) is 10.2. The molecule has 0 spiro atoms. The molecule has 5 nitrogen and oxygen atoms in total. The fourth-order valence-electron chi connectivity index (χ4n) is 1.27. The van der Waals surface area contributed by atoms with Crippen LogP contribution in [0.4, 0.5) is 15.3 Å². The molecule has 94 valence electrons. The first-order valence-electron chi connectivity index (χ1n) is 4.86. The van der Waals surface area contributed by atoms with E-state index in [4.69, 9.17) is 0 Å². The minimum Gasteiger partial charge on any atom is -0.371 e. The summed E-state index contributed by atoms with van der Waals surface area (Å²) in [6, 6.07) is 1.31. The van der Waals surface area contributed by atoms with Gasteiger partial charge in [0.15, 0.2) is 16.8 Å². The smallest absolute Gasteiger partial charge is 0.260 e. The molecule has 1 amide bonds. The van der Waals surface area contributed by atoms with Gasteiger partial charge in [-0.05, 0) is 22.0 Å². The van der Waals surface area contributed by atoms with Crippen molar-refractivity contribution in [2.45, 2.75) is 0 Å². The Hall–Kier alpha value is -1.54. The third kappa shape index (κ3) is 2.65. The number of aromatic nitrogens is 2. The summed E-state index contributed by atoms with van der Waals surface area (Å²) < 4.78 is 14.6. The van der Waals surface area contributed by atoms with Crippen molar-refractivity contribution in [3.63, 3.8) is 0 Å². The summed E-state index contributed by atoms with van der Waals surface area (Å²) >= 11 is 4.47. The second kappa shape index (κ2) is 5.40. The zero-order chi connectivity index (χ0) is 13.1. The van der Waals surface area contributed by atoms with Crippen LogP contribution in [-0.2, 0) is 0 Å². The van der Waals surface area contributed by atoms with E-state index in [1.807, 2.05) is 0 Å². The number of pyridine rings is 1. The first-order chi connectivity index (χ1) is 8.61. The van der Waals surface area contributed by atoms with Gasteiger partial charge in [0.1, 0.15) is 0 Å². The van der Waals surface area contributed by atoms with E-state index in [0.717, 1.165) is 3.79 Å². The fourth-order valence-corrected chi connectivity index (χ4v) is 2.37. The number of nitrogens with one attached hydrogen (secondary N) is 2. The van der Waals surface area contributed by atoms with E-state index in [0.29, 0.717) is 5.13 Å². The highest BCUT2D eigenvalue weighted by Crippen LogP contribution is 2.24. The quantitative estimate of drug-likeness (QED) is 0.908. The van der Waals surface area contributed by atoms with Gasteiger partial charge in [0, 0.05) is 13.2 Å². The zero-order valence-electron chi connectivity index (χ0n) is 9.20. The molecule has 18 heavy (non-hydrogen) atoms. The summed E-state index contributed by atoms with van der Waals surface area (Å²) in [5.74, 6) is -1.22. The number of carbonyl (C=O) groups excluding carboxylic acids is 1. The maximum absolute atomic E-state index is 13.8. The van der Waals surface area contributed by atoms with Crippen LogP contribution in [0.5, 0.6) is 0 Å². The van der Waals surface area contributed by atoms with Crippen LogP contribution in [0.3, 0.4) is 0 Å². The van der Waals surface area contributed by atoms with Crippen molar-refractivity contribution in [3.8, 4) is 0 Å². The van der Waals surface area contributed by atoms with E-state index in [2.05, 4.69) is 36.5 Å². The van der Waals surface area contributed by atoms with Gasteiger partial charge in [0.25, 0.3) is 5.91 Å². The Kier molecular flexibility index (Phi) is 3.87. The van der Waals surface area contributed by atoms with Crippen molar-refractivity contribution < 1.29 is 9.18 Å². The van der Waals surface area contributed by atoms with Crippen molar-refractivity contribution in [1.82, 2.24) is 9.97 Å². The van der Waals surface area contributed by atoms with Gasteiger partial charge in [0.05, 0.1) is 15.5 Å². The molecule has 0 aliphatic heterocycles. The van der Waals surface area contributed by atoms with Gasteiger partial charge in [-0.25, -0.2) is 14.4 Å². The molecular formula is C10H8BrFN4OS. The zero-order valence-corrected chi connectivity index (χ0v) is 11.6. The van der Waals surface area contributed by atoms with Crippen molar-refractivity contribution >= 4 is 44.1 Å². The van der Waals surface area contributed by atoms with Crippen LogP contribution in [0.1, 0.15) is 10.4 Å². The minimum atomic E-state index is -0.687. The molecule has 0 aliphatic carbocycles. The molecule has 2 aromatic heterocycles. The Bertz CT molecular complexity index is 589. The van der Waals surface area contributed by atoms with E-state index in [1.165, 1.54) is 30.6 Å². The number of halogens is 2. The summed E-state index contributed by atoms with van der Waals surface area (Å²) in [5, 5.41) is 5.48. The topological polar surface area (TPSA) is 66.9 Å². The van der Waals surface area contributed by atoms with E-state index >= 15 is 0 Å². The van der Waals surface area contributed by atoms with Crippen molar-refractivity contribution in [2.24, 2.45) is 0 Å². The summed E-state index contributed by atoms with van der Waals surface area (Å²) in [4.78, 5) is 19.6. The van der Waals surface area contributed by atoms with Crippen molar-refractivity contribution in [1.29, 1.82) is 0 Å². The molecule has 0 aliphatic rings. The van der Waals surface area contributed by atoms with Gasteiger partial charge in [0.2, 0.25) is 0 Å². The van der Waals surface area contributed by atoms with E-state index < -0.39 is 11.7 Å². The Morgan fingerprint density at radius 3 is 2.89 bits per heavy atom. The third-order valence-electron chi connectivity index (χ3n) is 2.07. The Labute approximate surface area is 115 Å². The van der Waals surface area contributed by atoms with Crippen molar-refractivity contribution in [2.75, 3.05) is 17.7 Å². The average molecular weight is 331 g/mol. The highest BCUT2D eigenvalue weighted by Gasteiger charge is 2.16. The molecular weight excluding hydrogens is 323 g/mol. The molecule has 2 heterocycles. The van der Waals surface area contributed by atoms with Crippen LogP contribution < -0.4 is 10.6 Å². The number of hydrogen-bond donors (Lipinski definition) is 2. The molecule has 8 heteroatoms. The highest BCUT2D eigenvalue weighted by atomic mass is 79.9. The Morgan fingerprint density at radius 1 is 1.50 bits per heavy atom. The van der Waals surface area contributed by atoms with E-state index in [1.54, 1.807) is 6.20 Å². The van der Waals surface area contributed by atoms with Gasteiger partial charge in [-0.1, -0.05) is 11.3 Å². The number of amides is 1. The highest BCUT2D eigenvalue weighted by molar-refractivity contribution is 9.11. The molecule has 0 aromatic carbocycles. The summed E-state index contributed by atoms with van der Waals surface area (Å²) in [6.07, 6.45) is 2.92. The number of nitrogens with zero attached hydrogens (tertiary/aromatic N) is 2. The standard InChI is InChI=1S/C10H8BrFN4OS/c1-13-8-7(12)5(2-3-14-8)9(17)16-10-15-4-6(11)18-10/h2-4H,1H3,(H,13,14)(H,15,16,17). The van der Waals surface area contributed by atoms with Crippen LogP contribution in [0.25, 0.3) is 0 Å². The predicted octanol–water partition coefficient (Wildman–Crippen LogP) is 2.73. The van der Waals surface area contributed by atoms with E-state index in [-0.39, 0.29) is 11.4 Å². The number of hydrogen-bond acceptors (Lipinski definition) is 5. The lowest BCUT2D eigenvalue weighted by Crippen LogP contribution is -2.15. The monoisotopic (exact) mass is 330 g/mol. The predicted molar refractivity (Wildman–Crippen MR) is 71.5 cm³/mol. The molecule has 0 radical (unpaired) electrons. The summed E-state index contributed by atoms with van der Waals surface area (Å²) in [5.41, 5.74) is -0.0827. The van der Waals surface area contributed by atoms with Gasteiger partial charge in [-0.3, -0.25) is 10.1 Å². The maximum Gasteiger partial charge on any atom is 0.260 e. The van der Waals surface area contributed by atoms with Crippen molar-refractivity contribution in [3.05, 3.63) is 33.6 Å². The lowest BCUT2D eigenvalue weighted by atomic mass is 10.2. The second-order valence-corrected chi connectivity index (χ2v) is 5.60. The molecule has 0 bridgehead atoms. The van der Waals surface area contributed by atoms with Crippen LogP contribution in [0.2, 0.25) is 0 Å². The third-order valence-corrected chi connectivity index (χ3v) is 3.46. The lowest BCUT2D eigenvalue weighted by molar-refractivity contribution is 0.102. The van der Waals surface area contributed by atoms with Gasteiger partial charge >= 0.3 is 0 Å². The number of thiazole rings is 1. The largest absolute Gasteiger partial charge is 0.371 e. The molecule has 0 unspecified atom stereocenters. The number of carbonyl (C=O) groups is 1. The number of anilines is 2. The van der Waals surface area contributed by atoms with E-state index in [9.17, 15) is 9.18 Å². The maximum atomic E-state index is 13.8. The molecule has 2 aromatic rings. The molecule has 0 saturated carbocycles.